The average molecular weight is 631 g/mol. The molecule has 45 heavy (non-hydrogen) atoms. The maximum atomic E-state index is 13.8. The van der Waals surface area contributed by atoms with Crippen LogP contribution in [-0.2, 0) is 32.5 Å². The smallest absolute Gasteiger partial charge is 0.276 e. The van der Waals surface area contributed by atoms with E-state index in [4.69, 9.17) is 9.40 Å². The number of hydrogen-bond acceptors (Lipinski definition) is 7. The highest BCUT2D eigenvalue weighted by Gasteiger charge is 2.30. The van der Waals surface area contributed by atoms with E-state index in [0.717, 1.165) is 24.1 Å². The van der Waals surface area contributed by atoms with E-state index in [9.17, 15) is 22.8 Å². The lowest BCUT2D eigenvalue weighted by Crippen LogP contribution is -2.21. The maximum absolute atomic E-state index is 13.8. The number of fused-ring (bicyclic) bond motifs is 3. The first kappa shape index (κ1) is 28.7. The number of pyridine rings is 1. The van der Waals surface area contributed by atoms with Crippen LogP contribution in [0.3, 0.4) is 0 Å². The predicted molar refractivity (Wildman–Crippen MR) is 161 cm³/mol. The highest BCUT2D eigenvalue weighted by Crippen LogP contribution is 2.42. The molecule has 0 unspecified atom stereocenters. The van der Waals surface area contributed by atoms with Crippen molar-refractivity contribution in [3.05, 3.63) is 110 Å². The van der Waals surface area contributed by atoms with Crippen LogP contribution in [0.15, 0.2) is 63.8 Å². The van der Waals surface area contributed by atoms with Crippen LogP contribution < -0.4 is 10.9 Å². The van der Waals surface area contributed by atoms with E-state index in [-0.39, 0.29) is 23.8 Å². The topological polar surface area (TPSA) is 108 Å². The molecule has 4 aromatic heterocycles. The fourth-order valence-corrected chi connectivity index (χ4v) is 6.64. The third-order valence-electron chi connectivity index (χ3n) is 7.79. The molecule has 9 nitrogen and oxygen atoms in total. The van der Waals surface area contributed by atoms with Crippen molar-refractivity contribution in [3.63, 3.8) is 0 Å². The average Bonchev–Trinajstić information content (AvgIpc) is 3.84. The zero-order valence-electron chi connectivity index (χ0n) is 23.9. The van der Waals surface area contributed by atoms with Crippen molar-refractivity contribution in [2.45, 2.75) is 45.8 Å². The second-order valence-electron chi connectivity index (χ2n) is 10.8. The third kappa shape index (κ3) is 5.33. The fourth-order valence-electron chi connectivity index (χ4n) is 5.66. The van der Waals surface area contributed by atoms with Gasteiger partial charge in [0.25, 0.3) is 11.5 Å². The van der Waals surface area contributed by atoms with Crippen molar-refractivity contribution < 1.29 is 22.4 Å². The Kier molecular flexibility index (Phi) is 7.32. The van der Waals surface area contributed by atoms with Gasteiger partial charge in [-0.05, 0) is 66.8 Å². The van der Waals surface area contributed by atoms with E-state index in [0.29, 0.717) is 75.0 Å². The van der Waals surface area contributed by atoms with Crippen molar-refractivity contribution in [3.8, 4) is 21.9 Å². The van der Waals surface area contributed by atoms with Gasteiger partial charge < -0.3 is 9.73 Å². The molecule has 0 spiro atoms. The molecule has 0 aliphatic carbocycles. The van der Waals surface area contributed by atoms with Crippen LogP contribution in [0.5, 0.6) is 0 Å². The molecule has 13 heteroatoms. The van der Waals surface area contributed by atoms with Gasteiger partial charge in [0, 0.05) is 37.0 Å². The summed E-state index contributed by atoms with van der Waals surface area (Å²) in [6.45, 7) is 2.85. The summed E-state index contributed by atoms with van der Waals surface area (Å²) in [5.41, 5.74) is 3.30. The van der Waals surface area contributed by atoms with Crippen molar-refractivity contribution in [2.24, 2.45) is 0 Å². The number of rotatable bonds is 8. The summed E-state index contributed by atoms with van der Waals surface area (Å²) in [6, 6.07) is 13.1. The lowest BCUT2D eigenvalue weighted by Gasteiger charge is -2.13. The zero-order chi connectivity index (χ0) is 31.2. The van der Waals surface area contributed by atoms with Crippen molar-refractivity contribution in [1.82, 2.24) is 29.9 Å². The van der Waals surface area contributed by atoms with Crippen molar-refractivity contribution in [1.29, 1.82) is 0 Å². The van der Waals surface area contributed by atoms with Crippen LogP contribution >= 0.6 is 11.3 Å². The Balaban J connectivity index is 1.34. The Hall–Kier alpha value is -5.04. The molecular formula is C32H25F3N6O3S. The molecule has 0 atom stereocenters. The van der Waals surface area contributed by atoms with Crippen LogP contribution in [0, 0.1) is 24.4 Å². The van der Waals surface area contributed by atoms with Crippen molar-refractivity contribution in [2.75, 3.05) is 0 Å². The first-order valence-electron chi connectivity index (χ1n) is 14.3. The SMILES string of the molecule is Cc1nnc(-c2c(CCc3ccc(F)cc3)nc3c(c2-c2ccc(C(=O)NCc4ccc(F)c(F)c4)s2)c(=O)n2n3CCC2)o1. The summed E-state index contributed by atoms with van der Waals surface area (Å²) in [4.78, 5) is 33.0. The van der Waals surface area contributed by atoms with Gasteiger partial charge in [0.15, 0.2) is 17.3 Å². The molecule has 0 saturated heterocycles. The van der Waals surface area contributed by atoms with Gasteiger partial charge in [0.1, 0.15) is 5.82 Å². The lowest BCUT2D eigenvalue weighted by molar-refractivity contribution is 0.0955. The maximum Gasteiger partial charge on any atom is 0.276 e. The number of thiophene rings is 1. The van der Waals surface area contributed by atoms with E-state index >= 15 is 0 Å². The number of aryl methyl sites for hydroxylation is 4. The molecule has 5 heterocycles. The summed E-state index contributed by atoms with van der Waals surface area (Å²) in [5.74, 6) is -2.17. The van der Waals surface area contributed by atoms with Gasteiger partial charge in [-0.3, -0.25) is 14.3 Å². The predicted octanol–water partition coefficient (Wildman–Crippen LogP) is 5.82. The molecule has 6 aromatic rings. The molecule has 1 amide bonds. The molecule has 228 valence electrons. The van der Waals surface area contributed by atoms with E-state index in [1.54, 1.807) is 35.9 Å². The minimum atomic E-state index is -0.994. The summed E-state index contributed by atoms with van der Waals surface area (Å²) >= 11 is 1.18. The molecule has 7 rings (SSSR count). The molecule has 0 bridgehead atoms. The Bertz CT molecular complexity index is 2150. The van der Waals surface area contributed by atoms with Gasteiger partial charge in [-0.1, -0.05) is 18.2 Å². The Labute approximate surface area is 258 Å². The number of nitrogens with one attached hydrogen (secondary N) is 1. The van der Waals surface area contributed by atoms with Crippen LogP contribution in [0.2, 0.25) is 0 Å². The number of hydrogen-bond donors (Lipinski definition) is 1. The lowest BCUT2D eigenvalue weighted by atomic mass is 9.97. The first-order chi connectivity index (χ1) is 21.8. The number of nitrogens with zero attached hydrogens (tertiary/aromatic N) is 5. The van der Waals surface area contributed by atoms with Gasteiger partial charge in [-0.25, -0.2) is 22.8 Å². The summed E-state index contributed by atoms with van der Waals surface area (Å²) < 4.78 is 50.0. The number of aromatic nitrogens is 5. The standard InChI is InChI=1S/C32H25F3N6O3S/c1-17-38-39-31(44-17)26-23(10-6-18-3-7-20(33)8-4-18)37-29-28(32(43)41-14-2-13-40(29)41)27(26)24-11-12-25(45-24)30(42)36-16-19-5-9-21(34)22(35)15-19/h3-5,7-9,11-12,15H,2,6,10,13-14,16H2,1H3,(H,36,42). The minimum Gasteiger partial charge on any atom is -0.421 e. The number of halogens is 3. The Morgan fingerprint density at radius 2 is 1.71 bits per heavy atom. The summed E-state index contributed by atoms with van der Waals surface area (Å²) in [5, 5.41) is 11.5. The molecule has 0 fully saturated rings. The van der Waals surface area contributed by atoms with Gasteiger partial charge in [0.05, 0.1) is 21.5 Å². The van der Waals surface area contributed by atoms with Crippen LogP contribution in [-0.4, -0.2) is 30.5 Å². The Morgan fingerprint density at radius 3 is 2.47 bits per heavy atom. The van der Waals surface area contributed by atoms with Crippen LogP contribution in [0.4, 0.5) is 13.2 Å². The molecule has 0 saturated carbocycles. The van der Waals surface area contributed by atoms with Gasteiger partial charge in [0.2, 0.25) is 11.8 Å². The monoisotopic (exact) mass is 630 g/mol. The second kappa shape index (κ2) is 11.5. The number of carbonyl (C=O) groups excluding carboxylic acids is 1. The Morgan fingerprint density at radius 1 is 0.933 bits per heavy atom. The first-order valence-corrected chi connectivity index (χ1v) is 15.1. The largest absolute Gasteiger partial charge is 0.421 e. The fraction of sp³-hybridized carbons (Fsp3) is 0.219. The number of carbonyl (C=O) groups is 1. The van der Waals surface area contributed by atoms with E-state index < -0.39 is 17.5 Å². The minimum absolute atomic E-state index is 0.00360. The molecule has 0 radical (unpaired) electrons. The van der Waals surface area contributed by atoms with Gasteiger partial charge in [-0.2, -0.15) is 0 Å². The highest BCUT2D eigenvalue weighted by atomic mass is 32.1. The van der Waals surface area contributed by atoms with Gasteiger partial charge >= 0.3 is 0 Å². The van der Waals surface area contributed by atoms with Crippen LogP contribution in [0.1, 0.15) is 38.8 Å². The third-order valence-corrected chi connectivity index (χ3v) is 8.90. The summed E-state index contributed by atoms with van der Waals surface area (Å²) in [7, 11) is 0. The molecule has 1 aliphatic heterocycles. The van der Waals surface area contributed by atoms with E-state index in [1.165, 1.54) is 29.5 Å². The van der Waals surface area contributed by atoms with Crippen molar-refractivity contribution >= 4 is 28.3 Å². The zero-order valence-corrected chi connectivity index (χ0v) is 24.8. The molecule has 1 N–H and O–H groups in total. The van der Waals surface area contributed by atoms with Crippen LogP contribution in [0.25, 0.3) is 32.9 Å². The number of benzene rings is 2. The van der Waals surface area contributed by atoms with Gasteiger partial charge in [-0.15, -0.1) is 21.5 Å². The quantitative estimate of drug-likeness (QED) is 0.227. The molecule has 1 aliphatic rings. The summed E-state index contributed by atoms with van der Waals surface area (Å²) in [6.07, 6.45) is 1.77. The van der Waals surface area contributed by atoms with E-state index in [1.807, 2.05) is 4.68 Å². The van der Waals surface area contributed by atoms with E-state index in [2.05, 4.69) is 15.5 Å². The highest BCUT2D eigenvalue weighted by molar-refractivity contribution is 7.17. The molecular weight excluding hydrogens is 605 g/mol. The second-order valence-corrected chi connectivity index (χ2v) is 11.8. The molecule has 2 aromatic carbocycles. The normalized spacial score (nSPS) is 12.6. The number of amides is 1.